The van der Waals surface area contributed by atoms with E-state index in [0.717, 1.165) is 18.7 Å². The highest BCUT2D eigenvalue weighted by Gasteiger charge is 2.12. The Morgan fingerprint density at radius 3 is 2.58 bits per heavy atom. The molecule has 0 radical (unpaired) electrons. The van der Waals surface area contributed by atoms with Crippen molar-refractivity contribution in [1.82, 2.24) is 4.98 Å². The van der Waals surface area contributed by atoms with Crippen LogP contribution in [0.15, 0.2) is 48.7 Å². The SMILES string of the molecule is CCC(N)c1ccccc1N(C)Cc1ccccn1. The van der Waals surface area contributed by atoms with Crippen LogP contribution in [0.3, 0.4) is 0 Å². The van der Waals surface area contributed by atoms with Gasteiger partial charge in [-0.25, -0.2) is 0 Å². The number of nitrogens with two attached hydrogens (primary N) is 1. The minimum atomic E-state index is 0.0855. The Balaban J connectivity index is 2.21. The molecule has 2 aromatic rings. The second-order valence-corrected chi connectivity index (χ2v) is 4.75. The Hall–Kier alpha value is -1.87. The van der Waals surface area contributed by atoms with Gasteiger partial charge in [0.1, 0.15) is 0 Å². The quantitative estimate of drug-likeness (QED) is 0.892. The summed E-state index contributed by atoms with van der Waals surface area (Å²) < 4.78 is 0. The molecular formula is C16H21N3. The molecule has 0 saturated carbocycles. The second kappa shape index (κ2) is 6.34. The smallest absolute Gasteiger partial charge is 0.0598 e. The molecule has 19 heavy (non-hydrogen) atoms. The van der Waals surface area contributed by atoms with Gasteiger partial charge in [-0.2, -0.15) is 0 Å². The standard InChI is InChI=1S/C16H21N3/c1-3-15(17)14-9-4-5-10-16(14)19(2)12-13-8-6-7-11-18-13/h4-11,15H,3,12,17H2,1-2H3. The summed E-state index contributed by atoms with van der Waals surface area (Å²) in [6.45, 7) is 2.90. The molecule has 2 N–H and O–H groups in total. The van der Waals surface area contributed by atoms with Crippen LogP contribution in [0.1, 0.15) is 30.6 Å². The maximum atomic E-state index is 6.18. The molecule has 0 aliphatic rings. The number of hydrogen-bond donors (Lipinski definition) is 1. The number of anilines is 1. The minimum Gasteiger partial charge on any atom is -0.368 e. The average Bonchev–Trinajstić information content (AvgIpc) is 2.47. The number of rotatable bonds is 5. The Labute approximate surface area is 115 Å². The summed E-state index contributed by atoms with van der Waals surface area (Å²) >= 11 is 0. The first-order valence-corrected chi connectivity index (χ1v) is 6.68. The van der Waals surface area contributed by atoms with Crippen molar-refractivity contribution in [3.63, 3.8) is 0 Å². The van der Waals surface area contributed by atoms with Gasteiger partial charge in [-0.05, 0) is 30.2 Å². The molecule has 100 valence electrons. The summed E-state index contributed by atoms with van der Waals surface area (Å²) in [5, 5.41) is 0. The summed E-state index contributed by atoms with van der Waals surface area (Å²) in [6.07, 6.45) is 2.77. The van der Waals surface area contributed by atoms with Crippen LogP contribution in [-0.4, -0.2) is 12.0 Å². The lowest BCUT2D eigenvalue weighted by Crippen LogP contribution is -2.21. The van der Waals surface area contributed by atoms with Crippen molar-refractivity contribution in [2.45, 2.75) is 25.9 Å². The van der Waals surface area contributed by atoms with Crippen LogP contribution in [0.4, 0.5) is 5.69 Å². The normalized spacial score (nSPS) is 12.2. The molecule has 1 atom stereocenters. The van der Waals surface area contributed by atoms with E-state index in [1.165, 1.54) is 11.3 Å². The van der Waals surface area contributed by atoms with Gasteiger partial charge in [0.25, 0.3) is 0 Å². The van der Waals surface area contributed by atoms with Gasteiger partial charge in [0.2, 0.25) is 0 Å². The van der Waals surface area contributed by atoms with Crippen molar-refractivity contribution >= 4 is 5.69 Å². The molecule has 0 spiro atoms. The van der Waals surface area contributed by atoms with E-state index >= 15 is 0 Å². The van der Waals surface area contributed by atoms with Crippen LogP contribution in [0.25, 0.3) is 0 Å². The van der Waals surface area contributed by atoms with E-state index in [-0.39, 0.29) is 6.04 Å². The topological polar surface area (TPSA) is 42.1 Å². The molecule has 3 heteroatoms. The zero-order chi connectivity index (χ0) is 13.7. The van der Waals surface area contributed by atoms with E-state index in [0.29, 0.717) is 0 Å². The lowest BCUT2D eigenvalue weighted by atomic mass is 10.0. The minimum absolute atomic E-state index is 0.0855. The van der Waals surface area contributed by atoms with Crippen LogP contribution in [0, 0.1) is 0 Å². The molecule has 1 heterocycles. The molecular weight excluding hydrogens is 234 g/mol. The third-order valence-electron chi connectivity index (χ3n) is 3.31. The van der Waals surface area contributed by atoms with Crippen LogP contribution in [0.5, 0.6) is 0 Å². The molecule has 0 saturated heterocycles. The van der Waals surface area contributed by atoms with Crippen molar-refractivity contribution in [1.29, 1.82) is 0 Å². The van der Waals surface area contributed by atoms with E-state index < -0.39 is 0 Å². The average molecular weight is 255 g/mol. The third-order valence-corrected chi connectivity index (χ3v) is 3.31. The van der Waals surface area contributed by atoms with Gasteiger partial charge < -0.3 is 10.6 Å². The highest BCUT2D eigenvalue weighted by atomic mass is 15.1. The zero-order valence-corrected chi connectivity index (χ0v) is 11.6. The van der Waals surface area contributed by atoms with Crippen molar-refractivity contribution in [3.05, 3.63) is 59.9 Å². The fraction of sp³-hybridized carbons (Fsp3) is 0.312. The van der Waals surface area contributed by atoms with Gasteiger partial charge in [0.05, 0.1) is 12.2 Å². The fourth-order valence-electron chi connectivity index (χ4n) is 2.19. The van der Waals surface area contributed by atoms with E-state index in [9.17, 15) is 0 Å². The molecule has 1 aromatic heterocycles. The summed E-state index contributed by atoms with van der Waals surface area (Å²) in [4.78, 5) is 6.57. The fourth-order valence-corrected chi connectivity index (χ4v) is 2.19. The molecule has 0 aliphatic heterocycles. The second-order valence-electron chi connectivity index (χ2n) is 4.75. The first kappa shape index (κ1) is 13.6. The van der Waals surface area contributed by atoms with Gasteiger partial charge in [0.15, 0.2) is 0 Å². The predicted molar refractivity (Wildman–Crippen MR) is 80.0 cm³/mol. The predicted octanol–water partition coefficient (Wildman–Crippen LogP) is 3.13. The molecule has 1 aromatic carbocycles. The molecule has 0 fully saturated rings. The molecule has 2 rings (SSSR count). The Morgan fingerprint density at radius 1 is 1.16 bits per heavy atom. The van der Waals surface area contributed by atoms with E-state index in [4.69, 9.17) is 5.73 Å². The van der Waals surface area contributed by atoms with E-state index in [1.54, 1.807) is 0 Å². The maximum absolute atomic E-state index is 6.18. The number of nitrogens with zero attached hydrogens (tertiary/aromatic N) is 2. The van der Waals surface area contributed by atoms with E-state index in [1.807, 2.05) is 30.5 Å². The van der Waals surface area contributed by atoms with Crippen LogP contribution in [0.2, 0.25) is 0 Å². The van der Waals surface area contributed by atoms with Gasteiger partial charge in [0, 0.05) is 25.0 Å². The molecule has 0 aliphatic carbocycles. The molecule has 3 nitrogen and oxygen atoms in total. The largest absolute Gasteiger partial charge is 0.368 e. The van der Waals surface area contributed by atoms with Crippen LogP contribution >= 0.6 is 0 Å². The summed E-state index contributed by atoms with van der Waals surface area (Å²) in [7, 11) is 2.08. The Kier molecular flexibility index (Phi) is 4.53. The molecule has 1 unspecified atom stereocenters. The van der Waals surface area contributed by atoms with Crippen molar-refractivity contribution < 1.29 is 0 Å². The monoisotopic (exact) mass is 255 g/mol. The number of benzene rings is 1. The number of para-hydroxylation sites is 1. The van der Waals surface area contributed by atoms with Gasteiger partial charge in [-0.15, -0.1) is 0 Å². The first-order valence-electron chi connectivity index (χ1n) is 6.68. The van der Waals surface area contributed by atoms with Gasteiger partial charge in [-0.3, -0.25) is 4.98 Å². The van der Waals surface area contributed by atoms with Gasteiger partial charge >= 0.3 is 0 Å². The van der Waals surface area contributed by atoms with Crippen molar-refractivity contribution in [3.8, 4) is 0 Å². The molecule has 0 amide bonds. The van der Waals surface area contributed by atoms with Gasteiger partial charge in [-0.1, -0.05) is 31.2 Å². The Bertz CT molecular complexity index is 510. The zero-order valence-electron chi connectivity index (χ0n) is 11.6. The third kappa shape index (κ3) is 3.32. The van der Waals surface area contributed by atoms with Crippen LogP contribution in [-0.2, 0) is 6.54 Å². The number of pyridine rings is 1. The molecule has 0 bridgehead atoms. The maximum Gasteiger partial charge on any atom is 0.0598 e. The van der Waals surface area contributed by atoms with Crippen molar-refractivity contribution in [2.24, 2.45) is 5.73 Å². The van der Waals surface area contributed by atoms with E-state index in [2.05, 4.69) is 42.1 Å². The summed E-state index contributed by atoms with van der Waals surface area (Å²) in [5.74, 6) is 0. The lowest BCUT2D eigenvalue weighted by molar-refractivity contribution is 0.693. The highest BCUT2D eigenvalue weighted by Crippen LogP contribution is 2.26. The first-order chi connectivity index (χ1) is 9.22. The highest BCUT2D eigenvalue weighted by molar-refractivity contribution is 5.54. The number of aromatic nitrogens is 1. The summed E-state index contributed by atoms with van der Waals surface area (Å²) in [5.41, 5.74) is 9.62. The lowest BCUT2D eigenvalue weighted by Gasteiger charge is -2.24. The number of hydrogen-bond acceptors (Lipinski definition) is 3. The summed E-state index contributed by atoms with van der Waals surface area (Å²) in [6, 6.07) is 14.4. The van der Waals surface area contributed by atoms with Crippen molar-refractivity contribution in [2.75, 3.05) is 11.9 Å². The Morgan fingerprint density at radius 2 is 1.89 bits per heavy atom. The van der Waals surface area contributed by atoms with Crippen LogP contribution < -0.4 is 10.6 Å².